The van der Waals surface area contributed by atoms with Crippen LogP contribution in [0.2, 0.25) is 0 Å². The molecule has 0 radical (unpaired) electrons. The van der Waals surface area contributed by atoms with Crippen LogP contribution in [0.3, 0.4) is 0 Å². The molecule has 1 aliphatic heterocycles. The number of nitrogens with zero attached hydrogens (tertiary/aromatic N) is 5. The summed E-state index contributed by atoms with van der Waals surface area (Å²) in [6.45, 7) is 6.20. The van der Waals surface area contributed by atoms with E-state index < -0.39 is 29.7 Å². The maximum absolute atomic E-state index is 13.5. The van der Waals surface area contributed by atoms with Gasteiger partial charge in [0.05, 0.1) is 32.7 Å². The third kappa shape index (κ3) is 9.36. The van der Waals surface area contributed by atoms with E-state index in [1.165, 1.54) is 7.11 Å². The Bertz CT molecular complexity index is 1490. The second-order valence-electron chi connectivity index (χ2n) is 11.5. The number of aromatic nitrogens is 4. The topological polar surface area (TPSA) is 196 Å². The molecule has 0 bridgehead atoms. The number of carbonyl (C=O) groups is 4. The number of morpholine rings is 1. The van der Waals surface area contributed by atoms with Crippen molar-refractivity contribution in [3.8, 4) is 6.01 Å². The number of carbonyl (C=O) groups excluding carboxylic acids is 4. The Hall–Kier alpha value is -4.79. The lowest BCUT2D eigenvalue weighted by Crippen LogP contribution is -2.57. The first kappa shape index (κ1) is 34.1. The number of imidazole rings is 1. The summed E-state index contributed by atoms with van der Waals surface area (Å²) in [6.07, 6.45) is 3.06. The molecule has 15 heteroatoms. The molecule has 0 spiro atoms. The smallest absolute Gasteiger partial charge is 0.320 e. The summed E-state index contributed by atoms with van der Waals surface area (Å²) in [5.74, 6) is -1.80. The monoisotopic (exact) mass is 637 g/mol. The highest BCUT2D eigenvalue weighted by Crippen LogP contribution is 2.19. The van der Waals surface area contributed by atoms with Crippen molar-refractivity contribution < 1.29 is 28.7 Å². The minimum absolute atomic E-state index is 0.0825. The first-order valence-electron chi connectivity index (χ1n) is 15.5. The highest BCUT2D eigenvalue weighted by molar-refractivity contribution is 6.38. The molecule has 2 atom stereocenters. The lowest BCUT2D eigenvalue weighted by atomic mass is 9.99. The van der Waals surface area contributed by atoms with Crippen LogP contribution in [-0.4, -0.2) is 100 Å². The van der Waals surface area contributed by atoms with Crippen LogP contribution in [0.15, 0.2) is 36.7 Å². The number of hydrogen-bond acceptors (Lipinski definition) is 10. The minimum Gasteiger partial charge on any atom is -0.467 e. The molecule has 2 aromatic heterocycles. The van der Waals surface area contributed by atoms with E-state index in [2.05, 4.69) is 30.9 Å². The van der Waals surface area contributed by atoms with Gasteiger partial charge < -0.3 is 40.6 Å². The zero-order valence-corrected chi connectivity index (χ0v) is 26.5. The molecule has 0 saturated carbocycles. The Morgan fingerprint density at radius 2 is 1.78 bits per heavy atom. The Balaban J connectivity index is 1.39. The van der Waals surface area contributed by atoms with Crippen molar-refractivity contribution >= 4 is 40.6 Å². The number of ketones is 1. The van der Waals surface area contributed by atoms with Crippen LogP contribution in [0.4, 0.5) is 10.6 Å². The molecule has 3 aromatic rings. The summed E-state index contributed by atoms with van der Waals surface area (Å²) < 4.78 is 12.2. The van der Waals surface area contributed by atoms with Gasteiger partial charge in [-0.3, -0.25) is 14.4 Å². The standard InChI is InChI=1S/C31H43N9O6/c1-20(2)18-23(36-31(44)39-14-16-46-17-15-39)28(42)35-22(11-10-21-8-5-4-6-9-21)25(41)29(43)33-12-7-13-40-19-34-24-26(32)37-30(45-3)38-27(24)40/h4-6,8-9,19-20,22-23H,7,10-18H2,1-3H3,(H,33,43)(H,35,42)(H,36,44)(H2,32,37,38)/t22?,23-/m0/s1. The van der Waals surface area contributed by atoms with E-state index in [0.29, 0.717) is 63.3 Å². The van der Waals surface area contributed by atoms with E-state index in [-0.39, 0.29) is 36.7 Å². The SMILES string of the molecule is COc1nc(N)c2ncn(CCCNC(=O)C(=O)C(CCc3ccccc3)NC(=O)[C@H](CC(C)C)NC(=O)N3CCOCC3)c2n1. The molecule has 1 aliphatic rings. The molecular formula is C31H43N9O6. The number of benzene rings is 1. The third-order valence-electron chi connectivity index (χ3n) is 7.56. The fraction of sp³-hybridized carbons (Fsp3) is 0.516. The van der Waals surface area contributed by atoms with Gasteiger partial charge in [0.25, 0.3) is 5.91 Å². The number of fused-ring (bicyclic) bond motifs is 1. The summed E-state index contributed by atoms with van der Waals surface area (Å²) in [5.41, 5.74) is 7.83. The summed E-state index contributed by atoms with van der Waals surface area (Å²) in [6, 6.07) is 7.27. The van der Waals surface area contributed by atoms with Gasteiger partial charge in [0.1, 0.15) is 11.6 Å². The number of rotatable bonds is 15. The third-order valence-corrected chi connectivity index (χ3v) is 7.56. The molecule has 4 rings (SSSR count). The lowest BCUT2D eigenvalue weighted by Gasteiger charge is -2.30. The molecular weight excluding hydrogens is 594 g/mol. The van der Waals surface area contributed by atoms with Gasteiger partial charge in [-0.1, -0.05) is 44.2 Å². The van der Waals surface area contributed by atoms with E-state index in [0.717, 1.165) is 5.56 Å². The summed E-state index contributed by atoms with van der Waals surface area (Å²) >= 11 is 0. The largest absolute Gasteiger partial charge is 0.467 e. The number of Topliss-reactive ketones (excluding diaryl/α,β-unsaturated/α-hetero) is 1. The predicted molar refractivity (Wildman–Crippen MR) is 170 cm³/mol. The quantitative estimate of drug-likeness (QED) is 0.138. The van der Waals surface area contributed by atoms with Crippen molar-refractivity contribution in [2.24, 2.45) is 5.92 Å². The van der Waals surface area contributed by atoms with Gasteiger partial charge in [0.15, 0.2) is 11.5 Å². The number of anilines is 1. The van der Waals surface area contributed by atoms with Crippen LogP contribution in [0.1, 0.15) is 38.7 Å². The zero-order chi connectivity index (χ0) is 33.1. The number of nitrogen functional groups attached to an aromatic ring is 1. The number of urea groups is 1. The molecule has 4 amide bonds. The average Bonchev–Trinajstić information content (AvgIpc) is 3.48. The van der Waals surface area contributed by atoms with Crippen LogP contribution in [-0.2, 0) is 32.1 Å². The molecule has 248 valence electrons. The number of ether oxygens (including phenoxy) is 2. The zero-order valence-electron chi connectivity index (χ0n) is 26.5. The number of aryl methyl sites for hydroxylation is 2. The molecule has 3 heterocycles. The van der Waals surface area contributed by atoms with E-state index in [9.17, 15) is 19.2 Å². The fourth-order valence-electron chi connectivity index (χ4n) is 5.10. The van der Waals surface area contributed by atoms with Gasteiger partial charge in [-0.15, -0.1) is 0 Å². The number of amides is 4. The molecule has 0 aliphatic carbocycles. The number of nitrogens with two attached hydrogens (primary N) is 1. The first-order chi connectivity index (χ1) is 22.2. The van der Waals surface area contributed by atoms with Gasteiger partial charge in [0, 0.05) is 26.2 Å². The maximum atomic E-state index is 13.5. The fourth-order valence-corrected chi connectivity index (χ4v) is 5.10. The normalized spacial score (nSPS) is 14.5. The van der Waals surface area contributed by atoms with Gasteiger partial charge in [-0.05, 0) is 37.2 Å². The average molecular weight is 638 g/mol. The van der Waals surface area contributed by atoms with E-state index >= 15 is 0 Å². The van der Waals surface area contributed by atoms with Crippen LogP contribution >= 0.6 is 0 Å². The van der Waals surface area contributed by atoms with Gasteiger partial charge in [0.2, 0.25) is 11.7 Å². The van der Waals surface area contributed by atoms with Crippen LogP contribution in [0.5, 0.6) is 6.01 Å². The molecule has 1 fully saturated rings. The molecule has 1 saturated heterocycles. The van der Waals surface area contributed by atoms with Gasteiger partial charge in [-0.25, -0.2) is 9.78 Å². The van der Waals surface area contributed by atoms with Crippen LogP contribution in [0, 0.1) is 5.92 Å². The molecule has 1 aromatic carbocycles. The second kappa shape index (κ2) is 16.5. The molecule has 1 unspecified atom stereocenters. The first-order valence-corrected chi connectivity index (χ1v) is 15.5. The van der Waals surface area contributed by atoms with Gasteiger partial charge >= 0.3 is 12.0 Å². The van der Waals surface area contributed by atoms with Crippen molar-refractivity contribution in [2.75, 3.05) is 45.7 Å². The summed E-state index contributed by atoms with van der Waals surface area (Å²) in [7, 11) is 1.44. The van der Waals surface area contributed by atoms with Crippen molar-refractivity contribution in [3.05, 3.63) is 42.2 Å². The second-order valence-corrected chi connectivity index (χ2v) is 11.5. The van der Waals surface area contributed by atoms with Crippen molar-refractivity contribution in [1.82, 2.24) is 40.4 Å². The van der Waals surface area contributed by atoms with Crippen LogP contribution < -0.4 is 26.4 Å². The summed E-state index contributed by atoms with van der Waals surface area (Å²) in [4.78, 5) is 67.1. The minimum atomic E-state index is -1.09. The molecule has 46 heavy (non-hydrogen) atoms. The van der Waals surface area contributed by atoms with E-state index in [4.69, 9.17) is 15.2 Å². The van der Waals surface area contributed by atoms with Crippen LogP contribution in [0.25, 0.3) is 11.2 Å². The van der Waals surface area contributed by atoms with Crippen molar-refractivity contribution in [2.45, 2.75) is 58.2 Å². The lowest BCUT2D eigenvalue weighted by molar-refractivity contribution is -0.140. The van der Waals surface area contributed by atoms with Crippen molar-refractivity contribution in [1.29, 1.82) is 0 Å². The predicted octanol–water partition coefficient (Wildman–Crippen LogP) is 1.07. The highest BCUT2D eigenvalue weighted by atomic mass is 16.5. The molecule has 15 nitrogen and oxygen atoms in total. The number of nitrogens with one attached hydrogen (secondary N) is 3. The molecule has 5 N–H and O–H groups in total. The Morgan fingerprint density at radius 1 is 1.04 bits per heavy atom. The maximum Gasteiger partial charge on any atom is 0.320 e. The Kier molecular flexibility index (Phi) is 12.2. The number of methoxy groups -OCH3 is 1. The Morgan fingerprint density at radius 3 is 2.48 bits per heavy atom. The van der Waals surface area contributed by atoms with Gasteiger partial charge in [-0.2, -0.15) is 9.97 Å². The highest BCUT2D eigenvalue weighted by Gasteiger charge is 2.31. The number of hydrogen-bond donors (Lipinski definition) is 4. The van der Waals surface area contributed by atoms with E-state index in [1.54, 1.807) is 15.8 Å². The van der Waals surface area contributed by atoms with E-state index in [1.807, 2.05) is 44.2 Å². The Labute approximate surface area is 267 Å². The van der Waals surface area contributed by atoms with Crippen molar-refractivity contribution in [3.63, 3.8) is 0 Å². The summed E-state index contributed by atoms with van der Waals surface area (Å²) in [5, 5.41) is 8.26.